The minimum atomic E-state index is 0.0606. The molecule has 0 radical (unpaired) electrons. The molecule has 5 heteroatoms. The molecular formula is C17H33N3O2. The molecule has 0 aromatic rings. The number of rotatable bonds is 6. The second-order valence-electron chi connectivity index (χ2n) is 6.96. The SMILES string of the molecule is CC1CCN(CCCNC(=O)N2CCCCC2CCO)CC1. The Bertz CT molecular complexity index is 328. The molecule has 5 nitrogen and oxygen atoms in total. The van der Waals surface area contributed by atoms with Crippen LogP contribution >= 0.6 is 0 Å². The number of hydrogen-bond acceptors (Lipinski definition) is 3. The first-order valence-electron chi connectivity index (χ1n) is 9.08. The fourth-order valence-electron chi connectivity index (χ4n) is 3.60. The number of amides is 2. The Morgan fingerprint density at radius 1 is 1.18 bits per heavy atom. The van der Waals surface area contributed by atoms with Crippen molar-refractivity contribution in [3.63, 3.8) is 0 Å². The minimum Gasteiger partial charge on any atom is -0.396 e. The van der Waals surface area contributed by atoms with E-state index in [1.807, 2.05) is 4.90 Å². The Morgan fingerprint density at radius 3 is 2.68 bits per heavy atom. The number of carbonyl (C=O) groups is 1. The lowest BCUT2D eigenvalue weighted by atomic mass is 9.99. The first-order valence-corrected chi connectivity index (χ1v) is 9.08. The van der Waals surface area contributed by atoms with Crippen molar-refractivity contribution in [1.29, 1.82) is 0 Å². The normalized spacial score (nSPS) is 24.5. The number of aliphatic hydroxyl groups is 1. The maximum atomic E-state index is 12.3. The highest BCUT2D eigenvalue weighted by Gasteiger charge is 2.25. The lowest BCUT2D eigenvalue weighted by molar-refractivity contribution is 0.131. The van der Waals surface area contributed by atoms with Gasteiger partial charge in [-0.25, -0.2) is 4.79 Å². The number of nitrogens with one attached hydrogen (secondary N) is 1. The number of likely N-dealkylation sites (tertiary alicyclic amines) is 2. The fraction of sp³-hybridized carbons (Fsp3) is 0.941. The summed E-state index contributed by atoms with van der Waals surface area (Å²) in [5, 5.41) is 12.2. The monoisotopic (exact) mass is 311 g/mol. The highest BCUT2D eigenvalue weighted by Crippen LogP contribution is 2.19. The second kappa shape index (κ2) is 9.36. The molecule has 0 aromatic carbocycles. The Kier molecular flexibility index (Phi) is 7.46. The van der Waals surface area contributed by atoms with Gasteiger partial charge >= 0.3 is 6.03 Å². The van der Waals surface area contributed by atoms with Crippen molar-refractivity contribution in [2.24, 2.45) is 5.92 Å². The largest absolute Gasteiger partial charge is 0.396 e. The molecule has 1 unspecified atom stereocenters. The molecule has 0 spiro atoms. The number of piperidine rings is 2. The summed E-state index contributed by atoms with van der Waals surface area (Å²) in [6, 6.07) is 0.285. The number of urea groups is 1. The van der Waals surface area contributed by atoms with Crippen LogP contribution in [0.1, 0.15) is 51.9 Å². The van der Waals surface area contributed by atoms with E-state index in [1.54, 1.807) is 0 Å². The summed E-state index contributed by atoms with van der Waals surface area (Å²) in [5.41, 5.74) is 0. The summed E-state index contributed by atoms with van der Waals surface area (Å²) < 4.78 is 0. The molecule has 2 heterocycles. The van der Waals surface area contributed by atoms with E-state index in [0.717, 1.165) is 44.8 Å². The van der Waals surface area contributed by atoms with Gasteiger partial charge in [0.25, 0.3) is 0 Å². The van der Waals surface area contributed by atoms with Gasteiger partial charge in [0.1, 0.15) is 0 Å². The molecule has 2 amide bonds. The lowest BCUT2D eigenvalue weighted by Gasteiger charge is -2.35. The number of aliphatic hydroxyl groups excluding tert-OH is 1. The summed E-state index contributed by atoms with van der Waals surface area (Å²) in [7, 11) is 0. The molecule has 2 N–H and O–H groups in total. The Labute approximate surface area is 135 Å². The lowest BCUT2D eigenvalue weighted by Crippen LogP contribution is -2.49. The first kappa shape index (κ1) is 17.5. The van der Waals surface area contributed by atoms with Gasteiger partial charge in [-0.05, 0) is 70.5 Å². The van der Waals surface area contributed by atoms with Crippen LogP contribution < -0.4 is 5.32 Å². The second-order valence-corrected chi connectivity index (χ2v) is 6.96. The van der Waals surface area contributed by atoms with E-state index in [2.05, 4.69) is 17.1 Å². The number of nitrogens with zero attached hydrogens (tertiary/aromatic N) is 2. The zero-order valence-electron chi connectivity index (χ0n) is 14.1. The van der Waals surface area contributed by atoms with Crippen LogP contribution in [0.2, 0.25) is 0 Å². The van der Waals surface area contributed by atoms with Gasteiger partial charge in [0.05, 0.1) is 0 Å². The molecule has 2 saturated heterocycles. The summed E-state index contributed by atoms with van der Waals surface area (Å²) in [6.45, 7) is 7.60. The maximum absolute atomic E-state index is 12.3. The fourth-order valence-corrected chi connectivity index (χ4v) is 3.60. The molecule has 0 aromatic heterocycles. The van der Waals surface area contributed by atoms with Gasteiger partial charge in [-0.15, -0.1) is 0 Å². The summed E-state index contributed by atoms with van der Waals surface area (Å²) in [4.78, 5) is 16.7. The van der Waals surface area contributed by atoms with E-state index in [4.69, 9.17) is 5.11 Å². The Balaban J connectivity index is 1.62. The molecule has 1 atom stereocenters. The molecule has 0 aliphatic carbocycles. The standard InChI is InChI=1S/C17H33N3O2/c1-15-6-12-19(13-7-15)10-4-9-18-17(22)20-11-3-2-5-16(20)8-14-21/h15-16,21H,2-14H2,1H3,(H,18,22). The summed E-state index contributed by atoms with van der Waals surface area (Å²) in [5.74, 6) is 0.874. The minimum absolute atomic E-state index is 0.0606. The highest BCUT2D eigenvalue weighted by molar-refractivity contribution is 5.74. The molecule has 0 saturated carbocycles. The summed E-state index contributed by atoms with van der Waals surface area (Å²) in [6.07, 6.45) is 7.63. The zero-order valence-corrected chi connectivity index (χ0v) is 14.1. The molecule has 2 aliphatic rings. The topological polar surface area (TPSA) is 55.8 Å². The van der Waals surface area contributed by atoms with Crippen molar-refractivity contribution < 1.29 is 9.90 Å². The molecule has 2 aliphatic heterocycles. The van der Waals surface area contributed by atoms with E-state index in [-0.39, 0.29) is 18.7 Å². The van der Waals surface area contributed by atoms with Crippen molar-refractivity contribution in [1.82, 2.24) is 15.1 Å². The number of carbonyl (C=O) groups excluding carboxylic acids is 1. The van der Waals surface area contributed by atoms with Crippen LogP contribution in [0.25, 0.3) is 0 Å². The average molecular weight is 311 g/mol. The predicted molar refractivity (Wildman–Crippen MR) is 88.9 cm³/mol. The van der Waals surface area contributed by atoms with Gasteiger partial charge < -0.3 is 20.2 Å². The van der Waals surface area contributed by atoms with Crippen LogP contribution in [0, 0.1) is 5.92 Å². The average Bonchev–Trinajstić information content (AvgIpc) is 2.54. The maximum Gasteiger partial charge on any atom is 0.317 e. The van der Waals surface area contributed by atoms with Crippen molar-refractivity contribution in [3.8, 4) is 0 Å². The summed E-state index contributed by atoms with van der Waals surface area (Å²) >= 11 is 0. The molecular weight excluding hydrogens is 278 g/mol. The third kappa shape index (κ3) is 5.43. The highest BCUT2D eigenvalue weighted by atomic mass is 16.3. The third-order valence-corrected chi connectivity index (χ3v) is 5.15. The molecule has 2 fully saturated rings. The van der Waals surface area contributed by atoms with E-state index in [0.29, 0.717) is 6.42 Å². The molecule has 128 valence electrons. The number of hydrogen-bond donors (Lipinski definition) is 2. The predicted octanol–water partition coefficient (Wildman–Crippen LogP) is 2.05. The molecule has 2 rings (SSSR count). The molecule has 0 bridgehead atoms. The van der Waals surface area contributed by atoms with Gasteiger partial charge in [0, 0.05) is 25.7 Å². The first-order chi connectivity index (χ1) is 10.7. The third-order valence-electron chi connectivity index (χ3n) is 5.15. The van der Waals surface area contributed by atoms with Crippen molar-refractivity contribution in [3.05, 3.63) is 0 Å². The van der Waals surface area contributed by atoms with Crippen molar-refractivity contribution >= 4 is 6.03 Å². The van der Waals surface area contributed by atoms with Crippen LogP contribution in [0.15, 0.2) is 0 Å². The van der Waals surface area contributed by atoms with Crippen LogP contribution in [-0.2, 0) is 0 Å². The van der Waals surface area contributed by atoms with Crippen molar-refractivity contribution in [2.45, 2.75) is 57.9 Å². The Hall–Kier alpha value is -0.810. The van der Waals surface area contributed by atoms with E-state index in [1.165, 1.54) is 32.4 Å². The molecule has 22 heavy (non-hydrogen) atoms. The van der Waals surface area contributed by atoms with Crippen molar-refractivity contribution in [2.75, 3.05) is 39.3 Å². The van der Waals surface area contributed by atoms with Gasteiger partial charge in [-0.3, -0.25) is 0 Å². The zero-order chi connectivity index (χ0) is 15.8. The quantitative estimate of drug-likeness (QED) is 0.738. The van der Waals surface area contributed by atoms with E-state index >= 15 is 0 Å². The van der Waals surface area contributed by atoms with E-state index in [9.17, 15) is 4.79 Å². The van der Waals surface area contributed by atoms with Gasteiger partial charge in [-0.1, -0.05) is 6.92 Å². The smallest absolute Gasteiger partial charge is 0.317 e. The van der Waals surface area contributed by atoms with Crippen LogP contribution in [-0.4, -0.2) is 66.3 Å². The van der Waals surface area contributed by atoms with E-state index < -0.39 is 0 Å². The van der Waals surface area contributed by atoms with Gasteiger partial charge in [-0.2, -0.15) is 0 Å². The van der Waals surface area contributed by atoms with Crippen LogP contribution in [0.5, 0.6) is 0 Å². The van der Waals surface area contributed by atoms with Crippen LogP contribution in [0.3, 0.4) is 0 Å². The van der Waals surface area contributed by atoms with Gasteiger partial charge in [0.15, 0.2) is 0 Å². The van der Waals surface area contributed by atoms with Crippen LogP contribution in [0.4, 0.5) is 4.79 Å². The van der Waals surface area contributed by atoms with Gasteiger partial charge in [0.2, 0.25) is 0 Å². The Morgan fingerprint density at radius 2 is 1.95 bits per heavy atom.